The fourth-order valence-corrected chi connectivity index (χ4v) is 39.5. The molecule has 0 amide bonds. The van der Waals surface area contributed by atoms with Gasteiger partial charge in [0.25, 0.3) is 0 Å². The normalized spacial score (nSPS) is 18.0. The van der Waals surface area contributed by atoms with Gasteiger partial charge in [-0.1, -0.05) is 0 Å². The molecule has 0 radical (unpaired) electrons. The quantitative estimate of drug-likeness (QED) is 0.127. The van der Waals surface area contributed by atoms with Crippen LogP contribution in [-0.2, 0) is 27.2 Å². The molecule has 0 aromatic heterocycles. The van der Waals surface area contributed by atoms with Crippen molar-refractivity contribution in [1.82, 2.24) is 0 Å². The molecular weight excluding hydrogens is 863 g/mol. The van der Waals surface area contributed by atoms with Gasteiger partial charge >= 0.3 is 373 Å². The average Bonchev–Trinajstić information content (AvgIpc) is 3.92. The molecule has 60 heavy (non-hydrogen) atoms. The van der Waals surface area contributed by atoms with E-state index in [0.717, 1.165) is 25.7 Å². The van der Waals surface area contributed by atoms with E-state index in [1.54, 1.807) is 0 Å². The molecule has 3 aliphatic rings. The summed E-state index contributed by atoms with van der Waals surface area (Å²) in [7, 11) is 17.9. The SMILES string of the molecule is CCCC1=Cc2c(-c3ccccc3C(C)(C)C)cccc2[CH]1[Zr]([Cl])([Cl])([c]1cccc2c1[SiH2]c1ccccc1-2)[CH]1C(CCC)=Cc2c(-c3ccccc3C(C)(C)C)cccc21. The van der Waals surface area contributed by atoms with Crippen LogP contribution in [0, 0.1) is 0 Å². The molecule has 305 valence electrons. The molecule has 6 aromatic carbocycles. The number of benzene rings is 6. The van der Waals surface area contributed by atoms with Crippen molar-refractivity contribution in [1.29, 1.82) is 0 Å². The third-order valence-electron chi connectivity index (χ3n) is 13.9. The molecular formula is C56H59Cl2SiZr. The van der Waals surface area contributed by atoms with Gasteiger partial charge in [0.05, 0.1) is 0 Å². The van der Waals surface area contributed by atoms with E-state index >= 15 is 0 Å². The maximum absolute atomic E-state index is 9.40. The van der Waals surface area contributed by atoms with Crippen molar-refractivity contribution in [3.63, 3.8) is 0 Å². The Morgan fingerprint density at radius 3 is 1.38 bits per heavy atom. The first-order valence-electron chi connectivity index (χ1n) is 22.3. The Morgan fingerprint density at radius 1 is 0.483 bits per heavy atom. The van der Waals surface area contributed by atoms with Gasteiger partial charge in [-0.2, -0.15) is 0 Å². The first-order chi connectivity index (χ1) is 28.7. The average molecular weight is 922 g/mol. The van der Waals surface area contributed by atoms with Crippen molar-refractivity contribution in [2.24, 2.45) is 0 Å². The topological polar surface area (TPSA) is 0 Å². The molecule has 0 bridgehead atoms. The summed E-state index contributed by atoms with van der Waals surface area (Å²) >= 11 is -5.64. The maximum atomic E-state index is 9.40. The number of halogens is 2. The molecule has 0 fully saturated rings. The minimum atomic E-state index is -5.64. The molecule has 0 saturated heterocycles. The molecule has 1 heterocycles. The summed E-state index contributed by atoms with van der Waals surface area (Å²) < 4.78 is 1.13. The first-order valence-corrected chi connectivity index (χ1v) is 34.1. The molecule has 0 spiro atoms. The summed E-state index contributed by atoms with van der Waals surface area (Å²) in [6.45, 7) is 18.6. The van der Waals surface area contributed by atoms with Crippen LogP contribution in [0.25, 0.3) is 45.5 Å². The first kappa shape index (κ1) is 41.8. The van der Waals surface area contributed by atoms with Gasteiger partial charge in [-0.25, -0.2) is 0 Å². The summed E-state index contributed by atoms with van der Waals surface area (Å²) in [6, 6.07) is 48.2. The molecule has 2 unspecified atom stereocenters. The Hall–Kier alpha value is -3.52. The van der Waals surface area contributed by atoms with E-state index in [1.165, 1.54) is 91.6 Å². The Kier molecular flexibility index (Phi) is 10.7. The zero-order chi connectivity index (χ0) is 42.2. The second kappa shape index (κ2) is 15.4. The summed E-state index contributed by atoms with van der Waals surface area (Å²) in [6.07, 6.45) is 9.07. The van der Waals surface area contributed by atoms with Gasteiger partial charge in [0.2, 0.25) is 0 Å². The van der Waals surface area contributed by atoms with E-state index in [-0.39, 0.29) is 18.1 Å². The van der Waals surface area contributed by atoms with Crippen LogP contribution in [0.15, 0.2) is 139 Å². The van der Waals surface area contributed by atoms with Gasteiger partial charge in [0.1, 0.15) is 0 Å². The van der Waals surface area contributed by atoms with Gasteiger partial charge in [0.15, 0.2) is 0 Å². The van der Waals surface area contributed by atoms with Crippen LogP contribution in [0.2, 0.25) is 0 Å². The van der Waals surface area contributed by atoms with E-state index in [0.29, 0.717) is 0 Å². The van der Waals surface area contributed by atoms with Crippen molar-refractivity contribution in [2.75, 3.05) is 0 Å². The van der Waals surface area contributed by atoms with Crippen molar-refractivity contribution in [3.05, 3.63) is 172 Å². The molecule has 0 nitrogen and oxygen atoms in total. The van der Waals surface area contributed by atoms with E-state index in [4.69, 9.17) is 0 Å². The second-order valence-corrected chi connectivity index (χ2v) is 42.3. The van der Waals surface area contributed by atoms with Crippen LogP contribution in [-0.4, -0.2) is 9.52 Å². The predicted octanol–water partition coefficient (Wildman–Crippen LogP) is 14.2. The fraction of sp³-hybridized carbons (Fsp3) is 0.286. The van der Waals surface area contributed by atoms with Gasteiger partial charge in [-0.15, -0.1) is 0 Å². The molecule has 4 heteroatoms. The van der Waals surface area contributed by atoms with E-state index in [2.05, 4.69) is 195 Å². The Bertz CT molecular complexity index is 2600. The van der Waals surface area contributed by atoms with Crippen LogP contribution in [0.1, 0.15) is 122 Å². The van der Waals surface area contributed by atoms with Crippen LogP contribution >= 0.6 is 17.0 Å². The van der Waals surface area contributed by atoms with E-state index in [9.17, 15) is 17.0 Å². The summed E-state index contributed by atoms with van der Waals surface area (Å²) in [5.41, 5.74) is 18.7. The number of allylic oxidation sites excluding steroid dienone is 2. The monoisotopic (exact) mass is 919 g/mol. The number of rotatable bonds is 9. The Balaban J connectivity index is 1.37. The molecule has 2 atom stereocenters. The summed E-state index contributed by atoms with van der Waals surface area (Å²) in [5, 5.41) is 2.98. The van der Waals surface area contributed by atoms with E-state index in [1.807, 2.05) is 0 Å². The van der Waals surface area contributed by atoms with Crippen LogP contribution in [0.5, 0.6) is 0 Å². The third kappa shape index (κ3) is 6.61. The van der Waals surface area contributed by atoms with E-state index < -0.39 is 25.9 Å². The molecule has 0 saturated carbocycles. The second-order valence-electron chi connectivity index (χ2n) is 19.8. The van der Waals surface area contributed by atoms with Gasteiger partial charge in [0, 0.05) is 0 Å². The molecule has 9 rings (SSSR count). The number of fused-ring (bicyclic) bond motifs is 5. The molecule has 0 N–H and O–H groups in total. The Morgan fingerprint density at radius 2 is 0.900 bits per heavy atom. The predicted molar refractivity (Wildman–Crippen MR) is 263 cm³/mol. The zero-order valence-electron chi connectivity index (χ0n) is 36.7. The van der Waals surface area contributed by atoms with Crippen LogP contribution in [0.4, 0.5) is 0 Å². The van der Waals surface area contributed by atoms with Crippen molar-refractivity contribution in [2.45, 2.75) is 99.2 Å². The standard InChI is InChI=1S/2C22H25.C12H9Si.2ClH.Zr/c2*1-5-9-16-14-17-10-8-12-18(20(17)15-16)19-11-6-7-13-21(19)22(2,3)4;1-3-7-11-9(5-1)10-6-2-4-8-12(10)13-11;;;/h2*6-8,10-15H,5,9H2,1-4H3;1-7H,13H2;2*1H;/q;;;;;+2/p-2. The molecule has 1 aliphatic heterocycles. The van der Waals surface area contributed by atoms with Gasteiger partial charge < -0.3 is 0 Å². The number of hydrogen-bond acceptors (Lipinski definition) is 0. The molecule has 6 aromatic rings. The zero-order valence-corrected chi connectivity index (χ0v) is 42.1. The van der Waals surface area contributed by atoms with Crippen molar-refractivity contribution >= 4 is 52.3 Å². The fourth-order valence-electron chi connectivity index (χ4n) is 11.5. The minimum absolute atomic E-state index is 0.0165. The van der Waals surface area contributed by atoms with Crippen LogP contribution in [0.3, 0.4) is 0 Å². The van der Waals surface area contributed by atoms with Crippen molar-refractivity contribution < 1.29 is 16.4 Å². The van der Waals surface area contributed by atoms with Crippen LogP contribution < -0.4 is 13.6 Å². The molecule has 2 aliphatic carbocycles. The summed E-state index contributed by atoms with van der Waals surface area (Å²) in [4.78, 5) is 0. The third-order valence-corrected chi connectivity index (χ3v) is 36.6. The van der Waals surface area contributed by atoms with Crippen molar-refractivity contribution in [3.8, 4) is 33.4 Å². The van der Waals surface area contributed by atoms with Gasteiger partial charge in [-0.3, -0.25) is 0 Å². The summed E-state index contributed by atoms with van der Waals surface area (Å²) in [5.74, 6) is 0. The Labute approximate surface area is 370 Å². The van der Waals surface area contributed by atoms with Gasteiger partial charge in [-0.05, 0) is 0 Å². The number of hydrogen-bond donors (Lipinski definition) is 0.